The van der Waals surface area contributed by atoms with Gasteiger partial charge in [-0.15, -0.1) is 0 Å². The van der Waals surface area contributed by atoms with Crippen molar-refractivity contribution in [2.75, 3.05) is 26.2 Å². The molecule has 0 saturated carbocycles. The molecule has 2 aliphatic heterocycles. The molecule has 2 heterocycles. The molecule has 0 aliphatic carbocycles. The Morgan fingerprint density at radius 3 is 2.43 bits per heavy atom. The molecule has 2 aliphatic rings. The molecule has 162 valence electrons. The lowest BCUT2D eigenvalue weighted by Gasteiger charge is -2.56. The van der Waals surface area contributed by atoms with E-state index in [-0.39, 0.29) is 30.8 Å². The Labute approximate surface area is 174 Å². The Morgan fingerprint density at radius 2 is 1.73 bits per heavy atom. The largest absolute Gasteiger partial charge is 0.394 e. The molecular formula is C23H27F3N2O2. The van der Waals surface area contributed by atoms with Crippen LogP contribution < -0.4 is 0 Å². The molecule has 2 fully saturated rings. The molecule has 0 bridgehead atoms. The summed E-state index contributed by atoms with van der Waals surface area (Å²) in [6.45, 7) is 1.49. The van der Waals surface area contributed by atoms with Gasteiger partial charge in [0.15, 0.2) is 17.5 Å². The number of piperidine rings is 1. The summed E-state index contributed by atoms with van der Waals surface area (Å²) >= 11 is 0. The number of hydrogen-bond donors (Lipinski definition) is 2. The van der Waals surface area contributed by atoms with Crippen LogP contribution in [0.2, 0.25) is 0 Å². The van der Waals surface area contributed by atoms with E-state index in [4.69, 9.17) is 0 Å². The first-order valence-electron chi connectivity index (χ1n) is 10.4. The van der Waals surface area contributed by atoms with E-state index in [1.807, 2.05) is 35.2 Å². The predicted molar refractivity (Wildman–Crippen MR) is 107 cm³/mol. The minimum atomic E-state index is -1.46. The van der Waals surface area contributed by atoms with Crippen molar-refractivity contribution < 1.29 is 23.4 Å². The first kappa shape index (κ1) is 21.3. The van der Waals surface area contributed by atoms with Gasteiger partial charge < -0.3 is 10.2 Å². The molecule has 0 amide bonds. The van der Waals surface area contributed by atoms with Crippen LogP contribution in [0.4, 0.5) is 13.2 Å². The lowest BCUT2D eigenvalue weighted by Crippen LogP contribution is -2.71. The number of likely N-dealkylation sites (tertiary alicyclic amines) is 2. The van der Waals surface area contributed by atoms with Gasteiger partial charge in [-0.25, -0.2) is 13.2 Å². The van der Waals surface area contributed by atoms with E-state index in [0.29, 0.717) is 13.1 Å². The maximum absolute atomic E-state index is 14.0. The molecule has 0 aromatic heterocycles. The van der Waals surface area contributed by atoms with E-state index >= 15 is 0 Å². The molecule has 30 heavy (non-hydrogen) atoms. The van der Waals surface area contributed by atoms with Crippen LogP contribution in [0, 0.1) is 17.5 Å². The zero-order valence-electron chi connectivity index (χ0n) is 16.8. The number of aliphatic hydroxyl groups excluding tert-OH is 1. The number of rotatable bonds is 6. The summed E-state index contributed by atoms with van der Waals surface area (Å²) in [7, 11) is 0. The third kappa shape index (κ3) is 3.99. The highest BCUT2D eigenvalue weighted by molar-refractivity contribution is 5.23. The molecule has 7 heteroatoms. The van der Waals surface area contributed by atoms with E-state index in [9.17, 15) is 23.4 Å². The lowest BCUT2D eigenvalue weighted by molar-refractivity contribution is -0.166. The van der Waals surface area contributed by atoms with Crippen molar-refractivity contribution in [3.05, 3.63) is 71.0 Å². The smallest absolute Gasteiger partial charge is 0.194 e. The Kier molecular flexibility index (Phi) is 6.16. The fourth-order valence-corrected chi connectivity index (χ4v) is 4.96. The summed E-state index contributed by atoms with van der Waals surface area (Å²) in [5, 5.41) is 21.4. The Bertz CT molecular complexity index is 874. The van der Waals surface area contributed by atoms with Gasteiger partial charge in [-0.2, -0.15) is 0 Å². The van der Waals surface area contributed by atoms with Gasteiger partial charge in [-0.1, -0.05) is 42.8 Å². The first-order valence-corrected chi connectivity index (χ1v) is 10.4. The first-order chi connectivity index (χ1) is 14.4. The summed E-state index contributed by atoms with van der Waals surface area (Å²) in [4.78, 5) is 4.02. The summed E-state index contributed by atoms with van der Waals surface area (Å²) in [5.74, 6) is -3.84. The fourth-order valence-electron chi connectivity index (χ4n) is 4.96. The molecule has 2 N–H and O–H groups in total. The second-order valence-electron chi connectivity index (χ2n) is 8.44. The van der Waals surface area contributed by atoms with Crippen LogP contribution >= 0.6 is 0 Å². The van der Waals surface area contributed by atoms with Gasteiger partial charge in [0, 0.05) is 31.2 Å². The highest BCUT2D eigenvalue weighted by atomic mass is 19.2. The average molecular weight is 420 g/mol. The van der Waals surface area contributed by atoms with Crippen molar-refractivity contribution in [2.24, 2.45) is 0 Å². The molecule has 4 rings (SSSR count). The van der Waals surface area contributed by atoms with Crippen molar-refractivity contribution in [2.45, 2.75) is 43.5 Å². The second-order valence-corrected chi connectivity index (χ2v) is 8.44. The van der Waals surface area contributed by atoms with Crippen LogP contribution in [0.15, 0.2) is 42.5 Å². The van der Waals surface area contributed by atoms with E-state index in [1.54, 1.807) is 0 Å². The molecule has 2 aromatic rings. The summed E-state index contributed by atoms with van der Waals surface area (Å²) in [6.07, 6.45) is 2.81. The highest BCUT2D eigenvalue weighted by Gasteiger charge is 2.51. The Morgan fingerprint density at radius 1 is 1.00 bits per heavy atom. The van der Waals surface area contributed by atoms with Gasteiger partial charge in [0.1, 0.15) is 5.60 Å². The van der Waals surface area contributed by atoms with Crippen molar-refractivity contribution in [3.63, 3.8) is 0 Å². The maximum atomic E-state index is 14.0. The van der Waals surface area contributed by atoms with Gasteiger partial charge in [-0.05, 0) is 31.0 Å². The quantitative estimate of drug-likeness (QED) is 0.705. The topological polar surface area (TPSA) is 46.9 Å². The van der Waals surface area contributed by atoms with E-state index in [0.717, 1.165) is 37.4 Å². The summed E-state index contributed by atoms with van der Waals surface area (Å²) < 4.78 is 40.6. The number of hydrogen-bond acceptors (Lipinski definition) is 4. The van der Waals surface area contributed by atoms with Gasteiger partial charge >= 0.3 is 0 Å². The normalized spacial score (nSPS) is 23.2. The van der Waals surface area contributed by atoms with Crippen LogP contribution in [0.5, 0.6) is 0 Å². The van der Waals surface area contributed by atoms with Crippen molar-refractivity contribution in [3.8, 4) is 0 Å². The lowest BCUT2D eigenvalue weighted by atomic mass is 9.79. The van der Waals surface area contributed by atoms with Gasteiger partial charge in [0.05, 0.1) is 12.6 Å². The number of halogens is 3. The fraction of sp³-hybridized carbons (Fsp3) is 0.478. The molecule has 0 radical (unpaired) electrons. The average Bonchev–Trinajstić information content (AvgIpc) is 2.74. The number of benzene rings is 2. The maximum Gasteiger partial charge on any atom is 0.194 e. The zero-order chi connectivity index (χ0) is 21.3. The third-order valence-electron chi connectivity index (χ3n) is 6.43. The molecular weight excluding hydrogens is 393 g/mol. The van der Waals surface area contributed by atoms with Crippen LogP contribution in [0.1, 0.15) is 36.4 Å². The van der Waals surface area contributed by atoms with Crippen LogP contribution in [-0.4, -0.2) is 57.9 Å². The SMILES string of the molecule is OCC(c1ccccc1)N1CCCCC1C1(O)CN(Cc2ccc(F)c(F)c2F)C1. The van der Waals surface area contributed by atoms with Crippen LogP contribution in [0.3, 0.4) is 0 Å². The number of nitrogens with zero attached hydrogens (tertiary/aromatic N) is 2. The van der Waals surface area contributed by atoms with E-state index < -0.39 is 23.1 Å². The molecule has 2 atom stereocenters. The van der Waals surface area contributed by atoms with Crippen LogP contribution in [0.25, 0.3) is 0 Å². The monoisotopic (exact) mass is 420 g/mol. The third-order valence-corrected chi connectivity index (χ3v) is 6.43. The molecule has 2 saturated heterocycles. The second kappa shape index (κ2) is 8.67. The zero-order valence-corrected chi connectivity index (χ0v) is 16.8. The molecule has 2 aromatic carbocycles. The Hall–Kier alpha value is -1.93. The van der Waals surface area contributed by atoms with Crippen molar-refractivity contribution >= 4 is 0 Å². The van der Waals surface area contributed by atoms with E-state index in [1.165, 1.54) is 6.07 Å². The summed E-state index contributed by atoms with van der Waals surface area (Å²) in [5.41, 5.74) is 0.0991. The van der Waals surface area contributed by atoms with Gasteiger partial charge in [-0.3, -0.25) is 9.80 Å². The highest BCUT2D eigenvalue weighted by Crippen LogP contribution is 2.38. The van der Waals surface area contributed by atoms with Gasteiger partial charge in [0.2, 0.25) is 0 Å². The minimum Gasteiger partial charge on any atom is -0.394 e. The number of β-amino-alcohol motifs (C(OH)–C–C–N with tert-alkyl or cyclic N) is 1. The number of aliphatic hydroxyl groups is 2. The minimum absolute atomic E-state index is 0.0413. The summed E-state index contributed by atoms with van der Waals surface area (Å²) in [6, 6.07) is 11.6. The van der Waals surface area contributed by atoms with Crippen LogP contribution in [-0.2, 0) is 6.54 Å². The molecule has 4 nitrogen and oxygen atoms in total. The molecule has 0 spiro atoms. The predicted octanol–water partition coefficient (Wildman–Crippen LogP) is 3.24. The molecule has 2 unspecified atom stereocenters. The standard InChI is InChI=1S/C23H27F3N2O2/c24-18-10-9-17(21(25)22(18)26)12-27-14-23(30,15-27)20-8-4-5-11-28(20)19(13-29)16-6-2-1-3-7-16/h1-3,6-7,9-10,19-20,29-30H,4-5,8,11-15H2. The van der Waals surface area contributed by atoms with Crippen molar-refractivity contribution in [1.82, 2.24) is 9.80 Å². The van der Waals surface area contributed by atoms with Crippen molar-refractivity contribution in [1.29, 1.82) is 0 Å². The van der Waals surface area contributed by atoms with E-state index in [2.05, 4.69) is 4.90 Å². The van der Waals surface area contributed by atoms with Gasteiger partial charge in [0.25, 0.3) is 0 Å². The Balaban J connectivity index is 1.47.